The molecule has 1 heterocycles. The summed E-state index contributed by atoms with van der Waals surface area (Å²) in [5, 5.41) is 14.9. The Morgan fingerprint density at radius 2 is 1.84 bits per heavy atom. The van der Waals surface area contributed by atoms with Crippen LogP contribution in [0.2, 0.25) is 10.0 Å². The largest absolute Gasteiger partial charge is 0.325 e. The molecule has 0 bridgehead atoms. The van der Waals surface area contributed by atoms with Crippen LogP contribution in [0.5, 0.6) is 0 Å². The van der Waals surface area contributed by atoms with Gasteiger partial charge in [-0.3, -0.25) is 9.59 Å². The number of nitrogens with one attached hydrogen (secondary N) is 2. The standard InChI is InChI=1S/C21H18BrCl2N5O2S/c1-2-10-29-17(11-18(30)26-16-5-3-4-15(23)20(16)24)27-28-21(29)32-12-19(31)25-14-8-6-13(22)7-9-14/h2-9H,1,10-12H2,(H,25,31)(H,26,30). The molecule has 0 aliphatic rings. The molecule has 0 spiro atoms. The number of thioether (sulfide) groups is 1. The molecule has 0 atom stereocenters. The maximum atomic E-state index is 12.5. The van der Waals surface area contributed by atoms with Crippen LogP contribution >= 0.6 is 50.9 Å². The van der Waals surface area contributed by atoms with Gasteiger partial charge in [0.05, 0.1) is 27.9 Å². The topological polar surface area (TPSA) is 88.9 Å². The number of halogens is 3. The molecule has 2 N–H and O–H groups in total. The van der Waals surface area contributed by atoms with Crippen molar-refractivity contribution in [3.8, 4) is 0 Å². The van der Waals surface area contributed by atoms with Gasteiger partial charge in [-0.25, -0.2) is 0 Å². The zero-order valence-electron chi connectivity index (χ0n) is 16.6. The van der Waals surface area contributed by atoms with Gasteiger partial charge in [0.25, 0.3) is 0 Å². The number of carbonyl (C=O) groups excluding carboxylic acids is 2. The van der Waals surface area contributed by atoms with Crippen LogP contribution < -0.4 is 10.6 Å². The van der Waals surface area contributed by atoms with E-state index in [0.29, 0.717) is 33.9 Å². The fourth-order valence-electron chi connectivity index (χ4n) is 2.67. The number of benzene rings is 2. The molecule has 7 nitrogen and oxygen atoms in total. The van der Waals surface area contributed by atoms with Gasteiger partial charge in [0.1, 0.15) is 5.82 Å². The summed E-state index contributed by atoms with van der Waals surface area (Å²) in [4.78, 5) is 24.8. The van der Waals surface area contributed by atoms with Crippen molar-refractivity contribution in [2.75, 3.05) is 16.4 Å². The van der Waals surface area contributed by atoms with E-state index >= 15 is 0 Å². The lowest BCUT2D eigenvalue weighted by Crippen LogP contribution is -2.18. The van der Waals surface area contributed by atoms with Crippen LogP contribution in [0.4, 0.5) is 11.4 Å². The second kappa shape index (κ2) is 11.5. The third kappa shape index (κ3) is 6.59. The Morgan fingerprint density at radius 3 is 2.56 bits per heavy atom. The first-order chi connectivity index (χ1) is 15.4. The maximum absolute atomic E-state index is 12.5. The van der Waals surface area contributed by atoms with Crippen LogP contribution in [0.3, 0.4) is 0 Å². The summed E-state index contributed by atoms with van der Waals surface area (Å²) in [6, 6.07) is 12.3. The molecule has 2 amide bonds. The van der Waals surface area contributed by atoms with Crippen molar-refractivity contribution in [1.29, 1.82) is 0 Å². The first-order valence-electron chi connectivity index (χ1n) is 9.32. The minimum Gasteiger partial charge on any atom is -0.325 e. The van der Waals surface area contributed by atoms with Crippen molar-refractivity contribution in [1.82, 2.24) is 14.8 Å². The maximum Gasteiger partial charge on any atom is 0.234 e. The minimum atomic E-state index is -0.323. The third-order valence-electron chi connectivity index (χ3n) is 4.11. The van der Waals surface area contributed by atoms with Crippen molar-refractivity contribution in [2.45, 2.75) is 18.1 Å². The van der Waals surface area contributed by atoms with E-state index in [4.69, 9.17) is 23.2 Å². The average molecular weight is 555 g/mol. The van der Waals surface area contributed by atoms with Crippen LogP contribution in [-0.4, -0.2) is 32.3 Å². The summed E-state index contributed by atoms with van der Waals surface area (Å²) in [5.74, 6) is 0.0727. The summed E-state index contributed by atoms with van der Waals surface area (Å²) >= 11 is 16.7. The van der Waals surface area contributed by atoms with Gasteiger partial charge in [-0.2, -0.15) is 0 Å². The number of anilines is 2. The van der Waals surface area contributed by atoms with E-state index in [-0.39, 0.29) is 29.0 Å². The lowest BCUT2D eigenvalue weighted by atomic mass is 10.3. The second-order valence-electron chi connectivity index (χ2n) is 6.47. The third-order valence-corrected chi connectivity index (χ3v) is 6.42. The smallest absolute Gasteiger partial charge is 0.234 e. The van der Waals surface area contributed by atoms with Gasteiger partial charge in [0, 0.05) is 16.7 Å². The van der Waals surface area contributed by atoms with E-state index in [9.17, 15) is 9.59 Å². The van der Waals surface area contributed by atoms with E-state index in [1.165, 1.54) is 11.8 Å². The summed E-state index contributed by atoms with van der Waals surface area (Å²) < 4.78 is 2.67. The Morgan fingerprint density at radius 1 is 1.09 bits per heavy atom. The molecular weight excluding hydrogens is 537 g/mol. The summed E-state index contributed by atoms with van der Waals surface area (Å²) in [6.45, 7) is 4.14. The normalized spacial score (nSPS) is 10.6. The number of carbonyl (C=O) groups is 2. The quantitative estimate of drug-likeness (QED) is 0.271. The van der Waals surface area contributed by atoms with E-state index in [2.05, 4.69) is 43.3 Å². The molecule has 32 heavy (non-hydrogen) atoms. The SMILES string of the molecule is C=CCn1c(CC(=O)Nc2cccc(Cl)c2Cl)nnc1SCC(=O)Nc1ccc(Br)cc1. The van der Waals surface area contributed by atoms with Gasteiger partial charge in [-0.05, 0) is 36.4 Å². The first-order valence-corrected chi connectivity index (χ1v) is 11.9. The number of allylic oxidation sites excluding steroid dienone is 1. The molecule has 0 saturated carbocycles. The highest BCUT2D eigenvalue weighted by Crippen LogP contribution is 2.29. The van der Waals surface area contributed by atoms with Crippen molar-refractivity contribution in [3.63, 3.8) is 0 Å². The molecule has 3 aromatic rings. The lowest BCUT2D eigenvalue weighted by molar-refractivity contribution is -0.116. The number of amides is 2. The van der Waals surface area contributed by atoms with Crippen molar-refractivity contribution >= 4 is 74.1 Å². The summed E-state index contributed by atoms with van der Waals surface area (Å²) in [7, 11) is 0. The zero-order valence-corrected chi connectivity index (χ0v) is 20.6. The Bertz CT molecular complexity index is 1140. The molecule has 0 saturated heterocycles. The zero-order chi connectivity index (χ0) is 23.1. The monoisotopic (exact) mass is 553 g/mol. The van der Waals surface area contributed by atoms with E-state index in [1.54, 1.807) is 41.0 Å². The Kier molecular flexibility index (Phi) is 8.75. The molecule has 166 valence electrons. The molecule has 0 unspecified atom stereocenters. The van der Waals surface area contributed by atoms with Crippen molar-refractivity contribution in [2.24, 2.45) is 0 Å². The molecular formula is C21H18BrCl2N5O2S. The molecule has 2 aromatic carbocycles. The number of hydrogen-bond acceptors (Lipinski definition) is 5. The van der Waals surface area contributed by atoms with E-state index in [0.717, 1.165) is 4.47 Å². The minimum absolute atomic E-state index is 0.0324. The van der Waals surface area contributed by atoms with E-state index in [1.807, 2.05) is 12.1 Å². The van der Waals surface area contributed by atoms with Crippen LogP contribution in [0.15, 0.2) is 64.7 Å². The lowest BCUT2D eigenvalue weighted by Gasteiger charge is -2.10. The molecule has 3 rings (SSSR count). The van der Waals surface area contributed by atoms with Crippen LogP contribution in [0.25, 0.3) is 0 Å². The molecule has 1 aromatic heterocycles. The van der Waals surface area contributed by atoms with Gasteiger partial charge in [0.15, 0.2) is 5.16 Å². The first kappa shape index (κ1) is 24.3. The number of hydrogen-bond donors (Lipinski definition) is 2. The number of nitrogens with zero attached hydrogens (tertiary/aromatic N) is 3. The van der Waals surface area contributed by atoms with Crippen LogP contribution in [0, 0.1) is 0 Å². The summed E-state index contributed by atoms with van der Waals surface area (Å²) in [6.07, 6.45) is 1.64. The Hall–Kier alpha value is -2.33. The molecule has 0 aliphatic carbocycles. The number of aromatic nitrogens is 3. The highest BCUT2D eigenvalue weighted by atomic mass is 79.9. The fourth-order valence-corrected chi connectivity index (χ4v) is 4.05. The highest BCUT2D eigenvalue weighted by molar-refractivity contribution is 9.10. The molecule has 11 heteroatoms. The van der Waals surface area contributed by atoms with Crippen molar-refractivity contribution < 1.29 is 9.59 Å². The van der Waals surface area contributed by atoms with Gasteiger partial charge in [-0.15, -0.1) is 16.8 Å². The fraction of sp³-hybridized carbons (Fsp3) is 0.143. The highest BCUT2D eigenvalue weighted by Gasteiger charge is 2.17. The summed E-state index contributed by atoms with van der Waals surface area (Å²) in [5.41, 5.74) is 1.11. The predicted molar refractivity (Wildman–Crippen MR) is 133 cm³/mol. The molecule has 0 radical (unpaired) electrons. The van der Waals surface area contributed by atoms with Gasteiger partial charge >= 0.3 is 0 Å². The molecule has 0 aliphatic heterocycles. The second-order valence-corrected chi connectivity index (χ2v) is 9.11. The average Bonchev–Trinajstić information content (AvgIpc) is 3.13. The van der Waals surface area contributed by atoms with Gasteiger partial charge in [0.2, 0.25) is 11.8 Å². The Labute approximate surface area is 207 Å². The van der Waals surface area contributed by atoms with Crippen LogP contribution in [0.1, 0.15) is 5.82 Å². The van der Waals surface area contributed by atoms with Crippen LogP contribution in [-0.2, 0) is 22.6 Å². The molecule has 0 fully saturated rings. The Balaban J connectivity index is 1.63. The number of rotatable bonds is 9. The van der Waals surface area contributed by atoms with Gasteiger partial charge < -0.3 is 15.2 Å². The van der Waals surface area contributed by atoms with Crippen molar-refractivity contribution in [3.05, 3.63) is 75.5 Å². The predicted octanol–water partition coefficient (Wildman–Crippen LogP) is 5.45. The van der Waals surface area contributed by atoms with E-state index < -0.39 is 0 Å². The van der Waals surface area contributed by atoms with Gasteiger partial charge in [-0.1, -0.05) is 63.0 Å².